The average molecular weight is 579 g/mol. The molecule has 2 N–H and O–H groups in total. The largest absolute Gasteiger partial charge is 0.507 e. The molecule has 1 aliphatic heterocycles. The number of sulfonamides is 2. The zero-order valence-electron chi connectivity index (χ0n) is 21.2. The van der Waals surface area contributed by atoms with Gasteiger partial charge in [-0.15, -0.1) is 0 Å². The van der Waals surface area contributed by atoms with E-state index < -0.39 is 38.5 Å². The van der Waals surface area contributed by atoms with Gasteiger partial charge >= 0.3 is 0 Å². The molecule has 12 heteroatoms. The molecule has 0 aliphatic carbocycles. The Bertz CT molecular complexity index is 1780. The van der Waals surface area contributed by atoms with Gasteiger partial charge in [-0.05, 0) is 41.1 Å². The van der Waals surface area contributed by atoms with Crippen LogP contribution in [0.25, 0.3) is 10.8 Å². The third-order valence-electron chi connectivity index (χ3n) is 6.64. The highest BCUT2D eigenvalue weighted by Gasteiger charge is 2.43. The Morgan fingerprint density at radius 3 is 2.08 bits per heavy atom. The van der Waals surface area contributed by atoms with Gasteiger partial charge in [0.15, 0.2) is 0 Å². The summed E-state index contributed by atoms with van der Waals surface area (Å²) in [4.78, 5) is 13.4. The number of carbonyl (C=O) groups excluding carboxylic acids is 1. The molecule has 10 nitrogen and oxygen atoms in total. The van der Waals surface area contributed by atoms with Gasteiger partial charge in [-0.3, -0.25) is 4.79 Å². The Kier molecular flexibility index (Phi) is 7.68. The van der Waals surface area contributed by atoms with Crippen molar-refractivity contribution in [3.8, 4) is 5.75 Å². The molecule has 1 aliphatic rings. The SMILES string of the molecule is O=C(N/N=C\c1c(O)ccc2ccccc12)[C@H]1CN(S(=O)(=O)c2ccccc2)CCN1S(=O)(=O)c1ccccc1. The number of hydrogen-bond donors (Lipinski definition) is 2. The minimum Gasteiger partial charge on any atom is -0.507 e. The molecule has 5 rings (SSSR count). The highest BCUT2D eigenvalue weighted by Crippen LogP contribution is 2.27. The maximum absolute atomic E-state index is 13.5. The van der Waals surface area contributed by atoms with Gasteiger partial charge in [-0.1, -0.05) is 66.7 Å². The van der Waals surface area contributed by atoms with Crippen molar-refractivity contribution < 1.29 is 26.7 Å². The number of hydrazone groups is 1. The van der Waals surface area contributed by atoms with Gasteiger partial charge in [0.1, 0.15) is 11.8 Å². The molecule has 0 saturated carbocycles. The van der Waals surface area contributed by atoms with Crippen LogP contribution in [0.15, 0.2) is 112 Å². The van der Waals surface area contributed by atoms with Crippen LogP contribution < -0.4 is 5.43 Å². The molecule has 0 aromatic heterocycles. The maximum atomic E-state index is 13.5. The van der Waals surface area contributed by atoms with Crippen LogP contribution in [0, 0.1) is 0 Å². The molecule has 1 atom stereocenters. The fourth-order valence-electron chi connectivity index (χ4n) is 4.58. The van der Waals surface area contributed by atoms with E-state index in [4.69, 9.17) is 0 Å². The Hall–Kier alpha value is -4.10. The lowest BCUT2D eigenvalue weighted by atomic mass is 10.0. The van der Waals surface area contributed by atoms with Crippen LogP contribution in [0.5, 0.6) is 5.75 Å². The third-order valence-corrected chi connectivity index (χ3v) is 10.4. The van der Waals surface area contributed by atoms with E-state index in [9.17, 15) is 26.7 Å². The van der Waals surface area contributed by atoms with E-state index in [-0.39, 0.29) is 28.6 Å². The molecular weight excluding hydrogens is 552 g/mol. The second-order valence-electron chi connectivity index (χ2n) is 9.07. The van der Waals surface area contributed by atoms with Crippen molar-refractivity contribution in [2.45, 2.75) is 15.8 Å². The quantitative estimate of drug-likeness (QED) is 0.256. The van der Waals surface area contributed by atoms with Gasteiger partial charge < -0.3 is 5.11 Å². The predicted molar refractivity (Wildman–Crippen MR) is 151 cm³/mol. The Morgan fingerprint density at radius 2 is 1.40 bits per heavy atom. The molecule has 4 aromatic carbocycles. The van der Waals surface area contributed by atoms with Crippen LogP contribution in [0.2, 0.25) is 0 Å². The summed E-state index contributed by atoms with van der Waals surface area (Å²) in [5.41, 5.74) is 2.71. The smallest absolute Gasteiger partial charge is 0.259 e. The Morgan fingerprint density at radius 1 is 0.800 bits per heavy atom. The predicted octanol–water partition coefficient (Wildman–Crippen LogP) is 2.76. The van der Waals surface area contributed by atoms with E-state index in [0.29, 0.717) is 10.9 Å². The number of phenols is 1. The number of carbonyl (C=O) groups is 1. The summed E-state index contributed by atoms with van der Waals surface area (Å²) in [5, 5.41) is 15.9. The van der Waals surface area contributed by atoms with Crippen molar-refractivity contribution >= 4 is 42.9 Å². The van der Waals surface area contributed by atoms with Crippen molar-refractivity contribution in [1.82, 2.24) is 14.0 Å². The van der Waals surface area contributed by atoms with Crippen LogP contribution >= 0.6 is 0 Å². The second-order valence-corrected chi connectivity index (χ2v) is 12.9. The lowest BCUT2D eigenvalue weighted by molar-refractivity contribution is -0.125. The highest BCUT2D eigenvalue weighted by atomic mass is 32.2. The zero-order valence-corrected chi connectivity index (χ0v) is 22.8. The molecule has 40 heavy (non-hydrogen) atoms. The van der Waals surface area contributed by atoms with E-state index >= 15 is 0 Å². The van der Waals surface area contributed by atoms with Crippen molar-refractivity contribution in [2.24, 2.45) is 5.10 Å². The maximum Gasteiger partial charge on any atom is 0.259 e. The summed E-state index contributed by atoms with van der Waals surface area (Å²) in [7, 11) is -8.14. The number of benzene rings is 4. The van der Waals surface area contributed by atoms with Crippen LogP contribution in [-0.2, 0) is 24.8 Å². The first-order valence-corrected chi connectivity index (χ1v) is 15.2. The minimum atomic E-state index is -4.14. The van der Waals surface area contributed by atoms with E-state index in [0.717, 1.165) is 14.0 Å². The fraction of sp³-hybridized carbons (Fsp3) is 0.143. The Balaban J connectivity index is 1.45. The topological polar surface area (TPSA) is 136 Å². The lowest BCUT2D eigenvalue weighted by Gasteiger charge is -2.38. The molecule has 0 radical (unpaired) electrons. The van der Waals surface area contributed by atoms with Gasteiger partial charge in [-0.25, -0.2) is 22.3 Å². The molecule has 1 saturated heterocycles. The van der Waals surface area contributed by atoms with Gasteiger partial charge in [-0.2, -0.15) is 13.7 Å². The summed E-state index contributed by atoms with van der Waals surface area (Å²) in [6.45, 7) is -0.792. The van der Waals surface area contributed by atoms with E-state index in [1.54, 1.807) is 54.6 Å². The zero-order chi connectivity index (χ0) is 28.3. The molecule has 1 heterocycles. The molecule has 1 amide bonds. The van der Waals surface area contributed by atoms with Crippen molar-refractivity contribution in [3.05, 3.63) is 103 Å². The highest BCUT2D eigenvalue weighted by molar-refractivity contribution is 7.89. The van der Waals surface area contributed by atoms with Gasteiger partial charge in [0.2, 0.25) is 20.0 Å². The first-order valence-electron chi connectivity index (χ1n) is 12.4. The first-order chi connectivity index (χ1) is 19.2. The molecular formula is C28H26N4O6S2. The van der Waals surface area contributed by atoms with Gasteiger partial charge in [0, 0.05) is 25.2 Å². The summed E-state index contributed by atoms with van der Waals surface area (Å²) in [6, 6.07) is 24.5. The summed E-state index contributed by atoms with van der Waals surface area (Å²) in [5.74, 6) is -0.869. The lowest BCUT2D eigenvalue weighted by Crippen LogP contribution is -2.60. The van der Waals surface area contributed by atoms with Crippen molar-refractivity contribution in [2.75, 3.05) is 19.6 Å². The van der Waals surface area contributed by atoms with Gasteiger partial charge in [0.05, 0.1) is 16.0 Å². The van der Waals surface area contributed by atoms with Crippen LogP contribution in [0.4, 0.5) is 0 Å². The third kappa shape index (κ3) is 5.34. The summed E-state index contributed by atoms with van der Waals surface area (Å²) < 4.78 is 55.8. The molecule has 206 valence electrons. The van der Waals surface area contributed by atoms with Crippen LogP contribution in [0.1, 0.15) is 5.56 Å². The fourth-order valence-corrected chi connectivity index (χ4v) is 7.63. The number of nitrogens with zero attached hydrogens (tertiary/aromatic N) is 3. The van der Waals surface area contributed by atoms with Crippen LogP contribution in [0.3, 0.4) is 0 Å². The van der Waals surface area contributed by atoms with E-state index in [1.165, 1.54) is 36.5 Å². The standard InChI is InChI=1S/C28H26N4O6S2/c33-27-16-15-21-9-7-8-14-24(21)25(27)19-29-30-28(34)26-20-31(39(35,36)22-10-3-1-4-11-22)17-18-32(26)40(37,38)23-12-5-2-6-13-23/h1-16,19,26,33H,17-18,20H2,(H,30,34)/b29-19-/t26-/m1/s1. The Labute approximate surface area is 232 Å². The molecule has 1 fully saturated rings. The molecule has 0 unspecified atom stereocenters. The monoisotopic (exact) mass is 578 g/mol. The number of nitrogens with one attached hydrogen (secondary N) is 1. The van der Waals surface area contributed by atoms with Crippen LogP contribution in [-0.4, -0.2) is 68.4 Å². The second kappa shape index (κ2) is 11.2. The number of piperazine rings is 1. The normalized spacial score (nSPS) is 17.2. The molecule has 4 aromatic rings. The molecule has 0 spiro atoms. The minimum absolute atomic E-state index is 0.0173. The van der Waals surface area contributed by atoms with Crippen molar-refractivity contribution in [1.29, 1.82) is 0 Å². The summed E-state index contributed by atoms with van der Waals surface area (Å²) in [6.07, 6.45) is 1.27. The number of phenolic OH excluding ortho intramolecular Hbond substituents is 1. The van der Waals surface area contributed by atoms with E-state index in [1.807, 2.05) is 12.1 Å². The number of aromatic hydroxyl groups is 1. The van der Waals surface area contributed by atoms with Crippen molar-refractivity contribution in [3.63, 3.8) is 0 Å². The first kappa shape index (κ1) is 27.5. The summed E-state index contributed by atoms with van der Waals surface area (Å²) >= 11 is 0. The number of rotatable bonds is 7. The van der Waals surface area contributed by atoms with Gasteiger partial charge in [0.25, 0.3) is 5.91 Å². The average Bonchev–Trinajstić information content (AvgIpc) is 2.98. The van der Waals surface area contributed by atoms with E-state index in [2.05, 4.69) is 10.5 Å². The number of hydrogen-bond acceptors (Lipinski definition) is 7. The number of fused-ring (bicyclic) bond motifs is 1. The number of amides is 1. The molecule has 0 bridgehead atoms.